The van der Waals surface area contributed by atoms with Gasteiger partial charge in [0.1, 0.15) is 10.8 Å². The number of unbranched alkanes of at least 4 members (excludes halogenated alkanes) is 1. The predicted molar refractivity (Wildman–Crippen MR) is 146 cm³/mol. The van der Waals surface area contributed by atoms with E-state index in [4.69, 9.17) is 9.72 Å². The number of nitrogens with one attached hydrogen (secondary N) is 1. The molecular weight excluding hydrogens is 436 g/mol. The average molecular weight is 473 g/mol. The van der Waals surface area contributed by atoms with Crippen molar-refractivity contribution in [3.05, 3.63) is 88.6 Å². The number of thiazole rings is 1. The molecule has 0 saturated carbocycles. The van der Waals surface area contributed by atoms with E-state index in [9.17, 15) is 0 Å². The Labute approximate surface area is 208 Å². The fraction of sp³-hybridized carbons (Fsp3) is 0.367. The SMILES string of the molecule is C=C(NCCCC)C1=C(C)C(CC2=CC=CCC2C)C(c2csc(-c3ccc(OC)cc3)n2)=C1. The van der Waals surface area contributed by atoms with Crippen molar-refractivity contribution in [2.75, 3.05) is 13.7 Å². The van der Waals surface area contributed by atoms with Gasteiger partial charge >= 0.3 is 0 Å². The number of hydrogen-bond donors (Lipinski definition) is 1. The van der Waals surface area contributed by atoms with Gasteiger partial charge in [-0.3, -0.25) is 0 Å². The van der Waals surface area contributed by atoms with Crippen LogP contribution in [0, 0.1) is 11.8 Å². The first-order valence-electron chi connectivity index (χ1n) is 12.3. The van der Waals surface area contributed by atoms with Crippen molar-refractivity contribution in [3.63, 3.8) is 0 Å². The fourth-order valence-corrected chi connectivity index (χ4v) is 5.55. The van der Waals surface area contributed by atoms with E-state index in [1.165, 1.54) is 28.7 Å². The summed E-state index contributed by atoms with van der Waals surface area (Å²) >= 11 is 1.70. The van der Waals surface area contributed by atoms with E-state index in [1.54, 1.807) is 18.4 Å². The normalized spacial score (nSPS) is 19.8. The second kappa shape index (κ2) is 11.1. The summed E-state index contributed by atoms with van der Waals surface area (Å²) in [6.45, 7) is 12.2. The molecule has 2 aliphatic rings. The van der Waals surface area contributed by atoms with E-state index in [-0.39, 0.29) is 0 Å². The van der Waals surface area contributed by atoms with E-state index in [0.29, 0.717) is 11.8 Å². The summed E-state index contributed by atoms with van der Waals surface area (Å²) in [6, 6.07) is 8.15. The van der Waals surface area contributed by atoms with Gasteiger partial charge in [0.25, 0.3) is 0 Å². The highest BCUT2D eigenvalue weighted by Crippen LogP contribution is 2.45. The number of aromatic nitrogens is 1. The molecule has 4 heteroatoms. The smallest absolute Gasteiger partial charge is 0.124 e. The van der Waals surface area contributed by atoms with Gasteiger partial charge in [0.05, 0.1) is 12.8 Å². The molecule has 0 spiro atoms. The van der Waals surface area contributed by atoms with E-state index >= 15 is 0 Å². The summed E-state index contributed by atoms with van der Waals surface area (Å²) < 4.78 is 5.31. The second-order valence-corrected chi connectivity index (χ2v) is 10.1. The van der Waals surface area contributed by atoms with Crippen molar-refractivity contribution < 1.29 is 4.74 Å². The summed E-state index contributed by atoms with van der Waals surface area (Å²) in [5.41, 5.74) is 8.70. The molecule has 0 bridgehead atoms. The predicted octanol–water partition coefficient (Wildman–Crippen LogP) is 7.96. The van der Waals surface area contributed by atoms with E-state index < -0.39 is 0 Å². The standard InChI is InChI=1S/C30H36N2OS/c1-6-7-16-31-22(4)26-18-28(27(21(26)3)17-24-11-9-8-10-20(24)2)29-19-34-30(32-29)23-12-14-25(33-5)15-13-23/h8-9,11-15,18-20,27,31H,4,6-7,10,16-17H2,1-3,5H3. The summed E-state index contributed by atoms with van der Waals surface area (Å²) in [5, 5.41) is 6.80. The van der Waals surface area contributed by atoms with Crippen LogP contribution in [0.15, 0.2) is 82.9 Å². The van der Waals surface area contributed by atoms with Gasteiger partial charge in [-0.2, -0.15) is 0 Å². The van der Waals surface area contributed by atoms with Crippen LogP contribution in [0.3, 0.4) is 0 Å². The Hall–Kier alpha value is -2.85. The Morgan fingerprint density at radius 3 is 2.76 bits per heavy atom. The third-order valence-corrected chi connectivity index (χ3v) is 7.85. The molecule has 2 unspecified atom stereocenters. The molecule has 0 saturated heterocycles. The van der Waals surface area contributed by atoms with Crippen LogP contribution < -0.4 is 10.1 Å². The van der Waals surface area contributed by atoms with Crippen LogP contribution in [0.4, 0.5) is 0 Å². The molecule has 1 aromatic heterocycles. The molecule has 2 aromatic rings. The summed E-state index contributed by atoms with van der Waals surface area (Å²) in [5.74, 6) is 1.77. The Kier molecular flexibility index (Phi) is 7.89. The van der Waals surface area contributed by atoms with Gasteiger partial charge in [-0.1, -0.05) is 56.2 Å². The molecule has 178 valence electrons. The first-order valence-corrected chi connectivity index (χ1v) is 13.2. The maximum Gasteiger partial charge on any atom is 0.124 e. The molecule has 1 aromatic carbocycles. The fourth-order valence-electron chi connectivity index (χ4n) is 4.71. The van der Waals surface area contributed by atoms with Gasteiger partial charge in [-0.05, 0) is 73.6 Å². The maximum absolute atomic E-state index is 5.31. The molecule has 2 atom stereocenters. The number of allylic oxidation sites excluding steroid dienone is 7. The summed E-state index contributed by atoms with van der Waals surface area (Å²) in [7, 11) is 1.69. The lowest BCUT2D eigenvalue weighted by Crippen LogP contribution is -2.15. The zero-order valence-corrected chi connectivity index (χ0v) is 21.7. The van der Waals surface area contributed by atoms with Crippen molar-refractivity contribution >= 4 is 16.9 Å². The van der Waals surface area contributed by atoms with Gasteiger partial charge < -0.3 is 10.1 Å². The lowest BCUT2D eigenvalue weighted by Gasteiger charge is -2.23. The molecule has 4 rings (SSSR count). The Morgan fingerprint density at radius 1 is 1.26 bits per heavy atom. The molecule has 1 N–H and O–H groups in total. The molecule has 0 aliphatic heterocycles. The second-order valence-electron chi connectivity index (χ2n) is 9.28. The van der Waals surface area contributed by atoms with Crippen LogP contribution in [-0.4, -0.2) is 18.6 Å². The minimum atomic E-state index is 0.325. The van der Waals surface area contributed by atoms with Gasteiger partial charge in [0.2, 0.25) is 0 Å². The highest BCUT2D eigenvalue weighted by Gasteiger charge is 2.30. The lowest BCUT2D eigenvalue weighted by molar-refractivity contribution is 0.415. The van der Waals surface area contributed by atoms with Crippen molar-refractivity contribution in [3.8, 4) is 16.3 Å². The largest absolute Gasteiger partial charge is 0.497 e. The Balaban J connectivity index is 1.64. The van der Waals surface area contributed by atoms with Crippen LogP contribution in [0.2, 0.25) is 0 Å². The number of ether oxygens (including phenoxy) is 1. The summed E-state index contributed by atoms with van der Waals surface area (Å²) in [6.07, 6.45) is 13.6. The lowest BCUT2D eigenvalue weighted by atomic mass is 9.81. The quantitative estimate of drug-likeness (QED) is 0.356. The third-order valence-electron chi connectivity index (χ3n) is 6.96. The van der Waals surface area contributed by atoms with Gasteiger partial charge in [0.15, 0.2) is 0 Å². The van der Waals surface area contributed by atoms with Crippen LogP contribution in [-0.2, 0) is 0 Å². The molecule has 1 heterocycles. The highest BCUT2D eigenvalue weighted by molar-refractivity contribution is 7.13. The zero-order valence-electron chi connectivity index (χ0n) is 20.9. The topological polar surface area (TPSA) is 34.1 Å². The highest BCUT2D eigenvalue weighted by atomic mass is 32.1. The van der Waals surface area contributed by atoms with Gasteiger partial charge in [-0.25, -0.2) is 4.98 Å². The first-order chi connectivity index (χ1) is 16.5. The van der Waals surface area contributed by atoms with Crippen LogP contribution in [0.5, 0.6) is 5.75 Å². The molecule has 0 fully saturated rings. The van der Waals surface area contributed by atoms with E-state index in [1.807, 2.05) is 12.1 Å². The van der Waals surface area contributed by atoms with Crippen molar-refractivity contribution in [1.29, 1.82) is 0 Å². The zero-order chi connectivity index (χ0) is 24.1. The Bertz CT molecular complexity index is 1150. The number of nitrogens with zero attached hydrogens (tertiary/aromatic N) is 1. The number of rotatable bonds is 10. The maximum atomic E-state index is 5.31. The van der Waals surface area contributed by atoms with Gasteiger partial charge in [-0.15, -0.1) is 11.3 Å². The summed E-state index contributed by atoms with van der Waals surface area (Å²) in [4.78, 5) is 5.08. The van der Waals surface area contributed by atoms with Crippen molar-refractivity contribution in [1.82, 2.24) is 10.3 Å². The van der Waals surface area contributed by atoms with Crippen LogP contribution >= 0.6 is 11.3 Å². The molecule has 2 aliphatic carbocycles. The average Bonchev–Trinajstić information content (AvgIpc) is 3.46. The minimum absolute atomic E-state index is 0.325. The van der Waals surface area contributed by atoms with Gasteiger partial charge in [0, 0.05) is 29.1 Å². The third kappa shape index (κ3) is 5.28. The Morgan fingerprint density at radius 2 is 2.06 bits per heavy atom. The van der Waals surface area contributed by atoms with Crippen LogP contribution in [0.1, 0.15) is 52.1 Å². The van der Waals surface area contributed by atoms with E-state index in [2.05, 4.69) is 74.5 Å². The molecule has 0 amide bonds. The molecule has 3 nitrogen and oxygen atoms in total. The molecule has 34 heavy (non-hydrogen) atoms. The van der Waals surface area contributed by atoms with Crippen LogP contribution in [0.25, 0.3) is 16.1 Å². The molecular formula is C30H36N2OS. The van der Waals surface area contributed by atoms with Crippen molar-refractivity contribution in [2.24, 2.45) is 11.8 Å². The molecule has 0 radical (unpaired) electrons. The monoisotopic (exact) mass is 472 g/mol. The van der Waals surface area contributed by atoms with Crippen molar-refractivity contribution in [2.45, 2.75) is 46.5 Å². The van der Waals surface area contributed by atoms with E-state index in [0.717, 1.165) is 53.5 Å². The first kappa shape index (κ1) is 24.3. The minimum Gasteiger partial charge on any atom is -0.497 e. The number of methoxy groups -OCH3 is 1. The number of benzene rings is 1. The number of hydrogen-bond acceptors (Lipinski definition) is 4.